The molecule has 4 nitrogen and oxygen atoms in total. The number of halogens is 2. The highest BCUT2D eigenvalue weighted by molar-refractivity contribution is 9.11. The first-order valence-corrected chi connectivity index (χ1v) is 8.13. The molecule has 1 aromatic rings. The van der Waals surface area contributed by atoms with Crippen molar-refractivity contribution in [3.63, 3.8) is 0 Å². The van der Waals surface area contributed by atoms with E-state index >= 15 is 0 Å². The second-order valence-corrected chi connectivity index (χ2v) is 6.72. The van der Waals surface area contributed by atoms with Crippen LogP contribution in [0.1, 0.15) is 12.8 Å². The first kappa shape index (κ1) is 15.9. The van der Waals surface area contributed by atoms with Crippen LogP contribution in [0.4, 0.5) is 5.69 Å². The fourth-order valence-electron chi connectivity index (χ4n) is 2.48. The van der Waals surface area contributed by atoms with Crippen molar-refractivity contribution in [2.24, 2.45) is 5.41 Å². The fourth-order valence-corrected chi connectivity index (χ4v) is 3.68. The van der Waals surface area contributed by atoms with Crippen LogP contribution in [0, 0.1) is 5.41 Å². The largest absolute Gasteiger partial charge is 0.384 e. The summed E-state index contributed by atoms with van der Waals surface area (Å²) in [5, 5.41) is 6.32. The zero-order valence-corrected chi connectivity index (χ0v) is 14.5. The minimum absolute atomic E-state index is 0.0217. The van der Waals surface area contributed by atoms with Crippen LogP contribution >= 0.6 is 31.9 Å². The van der Waals surface area contributed by atoms with Gasteiger partial charge in [0.2, 0.25) is 5.91 Å². The van der Waals surface area contributed by atoms with Gasteiger partial charge in [-0.25, -0.2) is 0 Å². The van der Waals surface area contributed by atoms with E-state index in [0.29, 0.717) is 6.61 Å². The molecule has 0 saturated carbocycles. The van der Waals surface area contributed by atoms with Crippen molar-refractivity contribution < 1.29 is 9.53 Å². The van der Waals surface area contributed by atoms with Gasteiger partial charge >= 0.3 is 0 Å². The van der Waals surface area contributed by atoms with E-state index in [9.17, 15) is 4.79 Å². The van der Waals surface area contributed by atoms with E-state index in [2.05, 4.69) is 42.5 Å². The van der Waals surface area contributed by atoms with Crippen molar-refractivity contribution in [1.29, 1.82) is 0 Å². The highest BCUT2D eigenvalue weighted by Crippen LogP contribution is 2.35. The summed E-state index contributed by atoms with van der Waals surface area (Å²) < 4.78 is 7.02. The predicted molar refractivity (Wildman–Crippen MR) is 86.9 cm³/mol. The number of methoxy groups -OCH3 is 1. The van der Waals surface area contributed by atoms with Crippen LogP contribution in [-0.2, 0) is 9.53 Å². The Hall–Kier alpha value is -0.430. The quantitative estimate of drug-likeness (QED) is 0.808. The number of amides is 1. The molecule has 0 aromatic heterocycles. The lowest BCUT2D eigenvalue weighted by molar-refractivity contribution is -0.130. The summed E-state index contributed by atoms with van der Waals surface area (Å²) in [5.41, 5.74) is 0.320. The van der Waals surface area contributed by atoms with Crippen LogP contribution in [-0.4, -0.2) is 32.7 Å². The highest BCUT2D eigenvalue weighted by Gasteiger charge is 2.40. The van der Waals surface area contributed by atoms with Gasteiger partial charge in [-0.2, -0.15) is 0 Å². The second kappa shape index (κ2) is 7.02. The van der Waals surface area contributed by atoms with Gasteiger partial charge in [0.15, 0.2) is 0 Å². The first-order chi connectivity index (χ1) is 9.59. The third kappa shape index (κ3) is 3.42. The molecule has 2 rings (SSSR count). The van der Waals surface area contributed by atoms with Crippen LogP contribution in [0.15, 0.2) is 27.1 Å². The van der Waals surface area contributed by atoms with E-state index in [4.69, 9.17) is 4.74 Å². The molecule has 6 heteroatoms. The topological polar surface area (TPSA) is 50.4 Å². The van der Waals surface area contributed by atoms with Gasteiger partial charge in [-0.1, -0.05) is 6.07 Å². The monoisotopic (exact) mass is 404 g/mol. The molecule has 0 radical (unpaired) electrons. The van der Waals surface area contributed by atoms with Crippen LogP contribution in [0.2, 0.25) is 0 Å². The number of para-hydroxylation sites is 1. The molecule has 1 aliphatic heterocycles. The number of hydrogen-bond acceptors (Lipinski definition) is 3. The average molecular weight is 406 g/mol. The number of piperidine rings is 1. The molecule has 1 aliphatic rings. The molecule has 1 aromatic carbocycles. The lowest BCUT2D eigenvalue weighted by atomic mass is 9.78. The third-order valence-corrected chi connectivity index (χ3v) is 4.99. The molecular weight excluding hydrogens is 388 g/mol. The van der Waals surface area contributed by atoms with E-state index in [-0.39, 0.29) is 5.91 Å². The maximum Gasteiger partial charge on any atom is 0.233 e. The summed E-state index contributed by atoms with van der Waals surface area (Å²) >= 11 is 6.94. The summed E-state index contributed by atoms with van der Waals surface area (Å²) in [6.07, 6.45) is 1.57. The van der Waals surface area contributed by atoms with Crippen molar-refractivity contribution in [2.45, 2.75) is 12.8 Å². The van der Waals surface area contributed by atoms with Crippen LogP contribution < -0.4 is 10.6 Å². The minimum atomic E-state index is -0.450. The van der Waals surface area contributed by atoms with Gasteiger partial charge in [-0.05, 0) is 69.9 Å². The van der Waals surface area contributed by atoms with E-state index in [1.54, 1.807) is 7.11 Å². The van der Waals surface area contributed by atoms with Gasteiger partial charge in [0.25, 0.3) is 0 Å². The summed E-state index contributed by atoms with van der Waals surface area (Å²) in [6, 6.07) is 5.73. The maximum absolute atomic E-state index is 12.7. The molecule has 0 atom stereocenters. The van der Waals surface area contributed by atoms with Gasteiger partial charge in [0.1, 0.15) is 0 Å². The SMILES string of the molecule is COCC1(C(=O)Nc2c(Br)cccc2Br)CCNCC1. The van der Waals surface area contributed by atoms with E-state index in [1.165, 1.54) is 0 Å². The molecule has 1 saturated heterocycles. The first-order valence-electron chi connectivity index (χ1n) is 6.54. The maximum atomic E-state index is 12.7. The zero-order chi connectivity index (χ0) is 14.6. The van der Waals surface area contributed by atoms with E-state index in [1.807, 2.05) is 18.2 Å². The molecule has 20 heavy (non-hydrogen) atoms. The highest BCUT2D eigenvalue weighted by atomic mass is 79.9. The molecule has 1 fully saturated rings. The predicted octanol–water partition coefficient (Wildman–Crippen LogP) is 3.17. The molecule has 110 valence electrons. The van der Waals surface area contributed by atoms with Crippen molar-refractivity contribution >= 4 is 43.5 Å². The Bertz CT molecular complexity index is 462. The average Bonchev–Trinajstić information content (AvgIpc) is 2.44. The van der Waals surface area contributed by atoms with Gasteiger partial charge in [0.05, 0.1) is 17.7 Å². The van der Waals surface area contributed by atoms with E-state index in [0.717, 1.165) is 40.6 Å². The molecule has 1 heterocycles. The number of benzene rings is 1. The molecule has 2 N–H and O–H groups in total. The number of carbonyl (C=O) groups excluding carboxylic acids is 1. The Balaban J connectivity index is 2.20. The third-order valence-electron chi connectivity index (χ3n) is 3.66. The number of hydrogen-bond donors (Lipinski definition) is 2. The minimum Gasteiger partial charge on any atom is -0.384 e. The molecule has 1 amide bonds. The number of ether oxygens (including phenoxy) is 1. The van der Waals surface area contributed by atoms with Crippen LogP contribution in [0.25, 0.3) is 0 Å². The molecule has 0 unspecified atom stereocenters. The second-order valence-electron chi connectivity index (χ2n) is 5.01. The Kier molecular flexibility index (Phi) is 5.60. The van der Waals surface area contributed by atoms with Crippen molar-refractivity contribution in [2.75, 3.05) is 32.1 Å². The Morgan fingerprint density at radius 1 is 1.35 bits per heavy atom. The van der Waals surface area contributed by atoms with Gasteiger partial charge in [-0.3, -0.25) is 4.79 Å². The van der Waals surface area contributed by atoms with Gasteiger partial charge in [-0.15, -0.1) is 0 Å². The zero-order valence-electron chi connectivity index (χ0n) is 11.3. The summed E-state index contributed by atoms with van der Waals surface area (Å²) in [5.74, 6) is 0.0217. The lowest BCUT2D eigenvalue weighted by Crippen LogP contribution is -2.47. The number of anilines is 1. The molecular formula is C14H18Br2N2O2. The van der Waals surface area contributed by atoms with Crippen LogP contribution in [0.3, 0.4) is 0 Å². The number of rotatable bonds is 4. The standard InChI is InChI=1S/C14H18Br2N2O2/c1-20-9-14(5-7-17-8-6-14)13(19)18-12-10(15)3-2-4-11(12)16/h2-4,17H,5-9H2,1H3,(H,18,19). The fraction of sp³-hybridized carbons (Fsp3) is 0.500. The Labute approximate surface area is 135 Å². The molecule has 0 aliphatic carbocycles. The van der Waals surface area contributed by atoms with Crippen LogP contribution in [0.5, 0.6) is 0 Å². The van der Waals surface area contributed by atoms with Crippen molar-refractivity contribution in [3.8, 4) is 0 Å². The van der Waals surface area contributed by atoms with Gasteiger partial charge < -0.3 is 15.4 Å². The summed E-state index contributed by atoms with van der Waals surface area (Å²) in [6.45, 7) is 2.13. The molecule has 0 bridgehead atoms. The van der Waals surface area contributed by atoms with E-state index < -0.39 is 5.41 Å². The normalized spacial score (nSPS) is 17.8. The van der Waals surface area contributed by atoms with Crippen molar-refractivity contribution in [1.82, 2.24) is 5.32 Å². The Morgan fingerprint density at radius 3 is 2.50 bits per heavy atom. The smallest absolute Gasteiger partial charge is 0.233 e. The lowest BCUT2D eigenvalue weighted by Gasteiger charge is -2.35. The molecule has 0 spiro atoms. The van der Waals surface area contributed by atoms with Crippen molar-refractivity contribution in [3.05, 3.63) is 27.1 Å². The number of carbonyl (C=O) groups is 1. The summed E-state index contributed by atoms with van der Waals surface area (Å²) in [7, 11) is 1.64. The number of nitrogens with one attached hydrogen (secondary N) is 2. The van der Waals surface area contributed by atoms with Gasteiger partial charge in [0, 0.05) is 16.1 Å². The summed E-state index contributed by atoms with van der Waals surface area (Å²) in [4.78, 5) is 12.7. The Morgan fingerprint density at radius 2 is 1.95 bits per heavy atom.